The number of nitrogens with one attached hydrogen (secondary N) is 1. The van der Waals surface area contributed by atoms with Gasteiger partial charge in [0.2, 0.25) is 5.91 Å². The molecule has 1 N–H and O–H groups in total. The van der Waals surface area contributed by atoms with E-state index in [2.05, 4.69) is 5.32 Å². The summed E-state index contributed by atoms with van der Waals surface area (Å²) in [6.45, 7) is 0. The van der Waals surface area contributed by atoms with E-state index in [0.29, 0.717) is 25.8 Å². The molecule has 0 atom stereocenters. The summed E-state index contributed by atoms with van der Waals surface area (Å²) in [5, 5.41) is 4.26. The SMILES string of the molecule is O=C(/C=C\c1ccc(Cl)c(Cl)c1)Nc1c(Cl)cccc1Cl. The van der Waals surface area contributed by atoms with Gasteiger partial charge in [0.1, 0.15) is 0 Å². The molecule has 0 spiro atoms. The summed E-state index contributed by atoms with van der Waals surface area (Å²) < 4.78 is 0. The molecule has 0 heterocycles. The average Bonchev–Trinajstić information content (AvgIpc) is 2.44. The van der Waals surface area contributed by atoms with Crippen LogP contribution in [0.3, 0.4) is 0 Å². The van der Waals surface area contributed by atoms with Crippen molar-refractivity contribution in [3.8, 4) is 0 Å². The Bertz CT molecular complexity index is 693. The molecule has 2 aromatic rings. The second kappa shape index (κ2) is 7.19. The molecule has 21 heavy (non-hydrogen) atoms. The summed E-state index contributed by atoms with van der Waals surface area (Å²) in [5.41, 5.74) is 1.13. The molecule has 0 aliphatic rings. The van der Waals surface area contributed by atoms with Crippen LogP contribution in [0, 0.1) is 0 Å². The second-order valence-corrected chi connectivity index (χ2v) is 5.72. The van der Waals surface area contributed by atoms with Crippen LogP contribution in [0.2, 0.25) is 20.1 Å². The quantitative estimate of drug-likeness (QED) is 0.673. The van der Waals surface area contributed by atoms with Crippen LogP contribution < -0.4 is 5.32 Å². The van der Waals surface area contributed by atoms with Gasteiger partial charge >= 0.3 is 0 Å². The summed E-state index contributed by atoms with van der Waals surface area (Å²) in [5.74, 6) is -0.351. The highest BCUT2D eigenvalue weighted by Gasteiger charge is 2.07. The normalized spacial score (nSPS) is 10.9. The first kappa shape index (κ1) is 16.2. The molecule has 0 saturated carbocycles. The number of anilines is 1. The number of carbonyl (C=O) groups excluding carboxylic acids is 1. The van der Waals surface area contributed by atoms with E-state index in [9.17, 15) is 4.79 Å². The summed E-state index contributed by atoms with van der Waals surface area (Å²) in [6.07, 6.45) is 2.97. The molecular formula is C15H9Cl4NO. The van der Waals surface area contributed by atoms with Gasteiger partial charge in [0.25, 0.3) is 0 Å². The van der Waals surface area contributed by atoms with Crippen molar-refractivity contribution in [1.82, 2.24) is 0 Å². The van der Waals surface area contributed by atoms with Gasteiger partial charge in [-0.25, -0.2) is 0 Å². The van der Waals surface area contributed by atoms with Crippen molar-refractivity contribution in [3.05, 3.63) is 68.1 Å². The van der Waals surface area contributed by atoms with E-state index in [0.717, 1.165) is 5.56 Å². The van der Waals surface area contributed by atoms with E-state index >= 15 is 0 Å². The van der Waals surface area contributed by atoms with Gasteiger partial charge in [-0.1, -0.05) is 58.5 Å². The van der Waals surface area contributed by atoms with Crippen LogP contribution in [0.4, 0.5) is 5.69 Å². The molecule has 1 amide bonds. The molecule has 2 nitrogen and oxygen atoms in total. The number of amides is 1. The lowest BCUT2D eigenvalue weighted by Gasteiger charge is -2.06. The van der Waals surface area contributed by atoms with Gasteiger partial charge in [0, 0.05) is 6.08 Å². The molecule has 0 unspecified atom stereocenters. The Balaban J connectivity index is 2.11. The highest BCUT2D eigenvalue weighted by Crippen LogP contribution is 2.29. The lowest BCUT2D eigenvalue weighted by molar-refractivity contribution is -0.111. The second-order valence-electron chi connectivity index (χ2n) is 4.09. The number of hydrogen-bond donors (Lipinski definition) is 1. The third-order valence-electron chi connectivity index (χ3n) is 2.58. The fourth-order valence-corrected chi connectivity index (χ4v) is 2.37. The van der Waals surface area contributed by atoms with Crippen LogP contribution in [0.1, 0.15) is 5.56 Å². The molecule has 0 bridgehead atoms. The number of halogens is 4. The molecule has 2 aromatic carbocycles. The molecule has 6 heteroatoms. The van der Waals surface area contributed by atoms with Gasteiger partial charge in [-0.05, 0) is 35.9 Å². The van der Waals surface area contributed by atoms with Crippen LogP contribution in [0.5, 0.6) is 0 Å². The van der Waals surface area contributed by atoms with Gasteiger partial charge in [0.05, 0.1) is 25.8 Å². The van der Waals surface area contributed by atoms with Gasteiger partial charge in [-0.15, -0.1) is 0 Å². The lowest BCUT2D eigenvalue weighted by Crippen LogP contribution is -2.08. The van der Waals surface area contributed by atoms with Crippen LogP contribution in [-0.4, -0.2) is 5.91 Å². The van der Waals surface area contributed by atoms with E-state index < -0.39 is 0 Å². The fourth-order valence-electron chi connectivity index (χ4n) is 1.57. The molecule has 0 aromatic heterocycles. The van der Waals surface area contributed by atoms with Crippen molar-refractivity contribution in [3.63, 3.8) is 0 Å². The van der Waals surface area contributed by atoms with Crippen molar-refractivity contribution >= 4 is 64.1 Å². The number of hydrogen-bond acceptors (Lipinski definition) is 1. The summed E-state index contributed by atoms with van der Waals surface area (Å²) in [6, 6.07) is 10.1. The van der Waals surface area contributed by atoms with Crippen molar-refractivity contribution in [2.75, 3.05) is 5.32 Å². The Kier molecular flexibility index (Phi) is 5.54. The number of rotatable bonds is 3. The molecule has 2 rings (SSSR count). The number of para-hydroxylation sites is 1. The van der Waals surface area contributed by atoms with E-state index in [1.54, 1.807) is 42.5 Å². The first-order valence-corrected chi connectivity index (χ1v) is 7.36. The zero-order valence-corrected chi connectivity index (χ0v) is 13.6. The summed E-state index contributed by atoms with van der Waals surface area (Å²) in [4.78, 5) is 11.9. The minimum absolute atomic E-state index is 0.351. The van der Waals surface area contributed by atoms with Crippen LogP contribution in [0.15, 0.2) is 42.5 Å². The standard InChI is InChI=1S/C15H9Cl4NO/c16-10-6-4-9(8-13(10)19)5-7-14(21)20-15-11(17)2-1-3-12(15)18/h1-8H,(H,20,21)/b7-5-. The maximum Gasteiger partial charge on any atom is 0.248 e. The van der Waals surface area contributed by atoms with Gasteiger partial charge in [0.15, 0.2) is 0 Å². The van der Waals surface area contributed by atoms with E-state index in [4.69, 9.17) is 46.4 Å². The Morgan fingerprint density at radius 3 is 2.19 bits per heavy atom. The maximum absolute atomic E-state index is 11.9. The Morgan fingerprint density at radius 1 is 0.905 bits per heavy atom. The Labute approximate surface area is 142 Å². The maximum atomic E-state index is 11.9. The Morgan fingerprint density at radius 2 is 1.57 bits per heavy atom. The van der Waals surface area contributed by atoms with E-state index in [1.807, 2.05) is 0 Å². The van der Waals surface area contributed by atoms with E-state index in [-0.39, 0.29) is 5.91 Å². The zero-order chi connectivity index (χ0) is 15.4. The van der Waals surface area contributed by atoms with Crippen LogP contribution in [0.25, 0.3) is 6.08 Å². The Hall–Kier alpha value is -1.19. The monoisotopic (exact) mass is 359 g/mol. The molecule has 0 aliphatic heterocycles. The molecule has 0 aliphatic carbocycles. The predicted octanol–water partition coefficient (Wildman–Crippen LogP) is 5.95. The fraction of sp³-hybridized carbons (Fsp3) is 0. The van der Waals surface area contributed by atoms with Crippen molar-refractivity contribution in [2.24, 2.45) is 0 Å². The predicted molar refractivity (Wildman–Crippen MR) is 90.6 cm³/mol. The molecule has 0 radical (unpaired) electrons. The molecule has 0 saturated heterocycles. The highest BCUT2D eigenvalue weighted by atomic mass is 35.5. The third kappa shape index (κ3) is 4.39. The topological polar surface area (TPSA) is 29.1 Å². The van der Waals surface area contributed by atoms with Crippen LogP contribution in [-0.2, 0) is 4.79 Å². The summed E-state index contributed by atoms with van der Waals surface area (Å²) in [7, 11) is 0. The number of benzene rings is 2. The zero-order valence-electron chi connectivity index (χ0n) is 10.5. The average molecular weight is 361 g/mol. The first-order chi connectivity index (χ1) is 9.97. The molecule has 108 valence electrons. The minimum Gasteiger partial charge on any atom is -0.320 e. The largest absolute Gasteiger partial charge is 0.320 e. The van der Waals surface area contributed by atoms with Crippen LogP contribution >= 0.6 is 46.4 Å². The highest BCUT2D eigenvalue weighted by molar-refractivity contribution is 6.42. The smallest absolute Gasteiger partial charge is 0.248 e. The number of carbonyl (C=O) groups is 1. The van der Waals surface area contributed by atoms with Crippen molar-refractivity contribution < 1.29 is 4.79 Å². The third-order valence-corrected chi connectivity index (χ3v) is 3.95. The summed E-state index contributed by atoms with van der Waals surface area (Å²) >= 11 is 23.7. The molecule has 0 fully saturated rings. The lowest BCUT2D eigenvalue weighted by atomic mass is 10.2. The van der Waals surface area contributed by atoms with E-state index in [1.165, 1.54) is 6.08 Å². The minimum atomic E-state index is -0.351. The van der Waals surface area contributed by atoms with Crippen molar-refractivity contribution in [2.45, 2.75) is 0 Å². The van der Waals surface area contributed by atoms with Gasteiger partial charge < -0.3 is 5.32 Å². The first-order valence-electron chi connectivity index (χ1n) is 5.85. The molecular weight excluding hydrogens is 352 g/mol. The van der Waals surface area contributed by atoms with Gasteiger partial charge in [-0.2, -0.15) is 0 Å². The van der Waals surface area contributed by atoms with Gasteiger partial charge in [-0.3, -0.25) is 4.79 Å². The van der Waals surface area contributed by atoms with Crippen molar-refractivity contribution in [1.29, 1.82) is 0 Å².